The van der Waals surface area contributed by atoms with Gasteiger partial charge in [-0.15, -0.1) is 0 Å². The van der Waals surface area contributed by atoms with Crippen molar-refractivity contribution in [2.24, 2.45) is 0 Å². The zero-order valence-corrected chi connectivity index (χ0v) is 15.4. The molecule has 1 aliphatic heterocycles. The second-order valence-corrected chi connectivity index (χ2v) is 6.87. The second-order valence-electron chi connectivity index (χ2n) is 6.43. The molecule has 0 aliphatic carbocycles. The van der Waals surface area contributed by atoms with Crippen molar-refractivity contribution < 1.29 is 26.7 Å². The number of alkyl halides is 5. The van der Waals surface area contributed by atoms with E-state index in [1.807, 2.05) is 0 Å². The third kappa shape index (κ3) is 4.50. The van der Waals surface area contributed by atoms with Crippen LogP contribution in [0.1, 0.15) is 22.3 Å². The zero-order chi connectivity index (χ0) is 21.4. The predicted molar refractivity (Wildman–Crippen MR) is 95.8 cm³/mol. The van der Waals surface area contributed by atoms with Crippen LogP contribution in [0.5, 0.6) is 0 Å². The van der Waals surface area contributed by atoms with Crippen LogP contribution >= 0.6 is 11.6 Å². The van der Waals surface area contributed by atoms with Crippen LogP contribution in [-0.4, -0.2) is 45.8 Å². The van der Waals surface area contributed by atoms with Crippen LogP contribution < -0.4 is 11.1 Å². The Labute approximate surface area is 166 Å². The van der Waals surface area contributed by atoms with Gasteiger partial charge in [-0.25, -0.2) is 18.7 Å². The number of aromatic nitrogens is 2. The van der Waals surface area contributed by atoms with Gasteiger partial charge in [0, 0.05) is 42.6 Å². The Hall–Kier alpha value is -2.69. The van der Waals surface area contributed by atoms with Crippen LogP contribution in [0.3, 0.4) is 0 Å². The molecule has 0 radical (unpaired) electrons. The first-order valence-electron chi connectivity index (χ1n) is 8.36. The van der Waals surface area contributed by atoms with Gasteiger partial charge in [0.15, 0.2) is 0 Å². The fourth-order valence-electron chi connectivity index (χ4n) is 2.94. The summed E-state index contributed by atoms with van der Waals surface area (Å²) in [5.74, 6) is -4.21. The Morgan fingerprint density at radius 2 is 1.97 bits per heavy atom. The molecule has 2 heterocycles. The fourth-order valence-corrected chi connectivity index (χ4v) is 3.12. The summed E-state index contributed by atoms with van der Waals surface area (Å²) < 4.78 is 66.4. The Morgan fingerprint density at radius 3 is 2.59 bits per heavy atom. The molecule has 1 aromatic heterocycles. The maximum atomic E-state index is 14.4. The van der Waals surface area contributed by atoms with Gasteiger partial charge in [-0.05, 0) is 18.2 Å². The van der Waals surface area contributed by atoms with Gasteiger partial charge in [-0.3, -0.25) is 4.79 Å². The SMILES string of the molecule is Nc1ccc(Cl)cc1C(=O)N1CCC(F)(F)C1CNc1ncc(C(F)(F)F)cn1. The van der Waals surface area contributed by atoms with Crippen molar-refractivity contribution >= 4 is 29.1 Å². The lowest BCUT2D eigenvalue weighted by Gasteiger charge is -2.28. The number of anilines is 2. The summed E-state index contributed by atoms with van der Waals surface area (Å²) in [5.41, 5.74) is 4.78. The van der Waals surface area contributed by atoms with Crippen molar-refractivity contribution in [2.45, 2.75) is 24.6 Å². The average molecular weight is 436 g/mol. The molecule has 1 amide bonds. The predicted octanol–water partition coefficient (Wildman–Crippen LogP) is 3.69. The smallest absolute Gasteiger partial charge is 0.398 e. The van der Waals surface area contributed by atoms with E-state index in [2.05, 4.69) is 15.3 Å². The molecule has 0 saturated carbocycles. The van der Waals surface area contributed by atoms with Crippen LogP contribution in [0.15, 0.2) is 30.6 Å². The molecule has 3 rings (SSSR count). The molecule has 0 spiro atoms. The number of amides is 1. The van der Waals surface area contributed by atoms with Crippen molar-refractivity contribution in [3.63, 3.8) is 0 Å². The molecule has 3 N–H and O–H groups in total. The second kappa shape index (κ2) is 7.62. The summed E-state index contributed by atoms with van der Waals surface area (Å²) in [7, 11) is 0. The Bertz CT molecular complexity index is 906. The number of carbonyl (C=O) groups excluding carboxylic acids is 1. The minimum atomic E-state index is -4.61. The number of hydrogen-bond acceptors (Lipinski definition) is 5. The molecule has 6 nitrogen and oxygen atoms in total. The Balaban J connectivity index is 1.77. The third-order valence-corrected chi connectivity index (χ3v) is 4.72. The summed E-state index contributed by atoms with van der Waals surface area (Å²) in [6, 6.07) is 2.58. The van der Waals surface area contributed by atoms with E-state index >= 15 is 0 Å². The molecule has 0 bridgehead atoms. The van der Waals surface area contributed by atoms with E-state index in [1.165, 1.54) is 18.2 Å². The molecule has 1 aromatic carbocycles. The number of likely N-dealkylation sites (tertiary alicyclic amines) is 1. The van der Waals surface area contributed by atoms with E-state index in [1.54, 1.807) is 0 Å². The zero-order valence-electron chi connectivity index (χ0n) is 14.7. The van der Waals surface area contributed by atoms with Crippen LogP contribution in [0.2, 0.25) is 5.02 Å². The molecule has 1 saturated heterocycles. The first-order chi connectivity index (χ1) is 13.5. The number of nitrogen functional groups attached to an aromatic ring is 1. The molecule has 2 aromatic rings. The van der Waals surface area contributed by atoms with E-state index in [0.29, 0.717) is 12.4 Å². The molecular formula is C17H15ClF5N5O. The van der Waals surface area contributed by atoms with E-state index in [-0.39, 0.29) is 28.8 Å². The lowest BCUT2D eigenvalue weighted by atomic mass is 10.1. The van der Waals surface area contributed by atoms with Crippen LogP contribution in [0.4, 0.5) is 33.6 Å². The van der Waals surface area contributed by atoms with Gasteiger partial charge in [-0.2, -0.15) is 13.2 Å². The standard InChI is InChI=1S/C17H15ClF5N5O/c18-10-1-2-12(24)11(5-10)14(29)28-4-3-16(19,20)13(28)8-27-15-25-6-9(7-26-15)17(21,22)23/h1-2,5-7,13H,3-4,8,24H2,(H,25,26,27). The number of hydrogen-bond donors (Lipinski definition) is 2. The lowest BCUT2D eigenvalue weighted by molar-refractivity contribution is -0.138. The van der Waals surface area contributed by atoms with Crippen LogP contribution in [0.25, 0.3) is 0 Å². The van der Waals surface area contributed by atoms with Crippen molar-refractivity contribution in [1.29, 1.82) is 0 Å². The number of nitrogens with zero attached hydrogens (tertiary/aromatic N) is 3. The van der Waals surface area contributed by atoms with Gasteiger partial charge in [0.1, 0.15) is 6.04 Å². The van der Waals surface area contributed by atoms with Gasteiger partial charge < -0.3 is 16.0 Å². The summed E-state index contributed by atoms with van der Waals surface area (Å²) >= 11 is 5.86. The minimum Gasteiger partial charge on any atom is -0.398 e. The number of benzene rings is 1. The monoisotopic (exact) mass is 435 g/mol. The van der Waals surface area contributed by atoms with Gasteiger partial charge in [0.2, 0.25) is 5.95 Å². The lowest BCUT2D eigenvalue weighted by Crippen LogP contribution is -2.47. The van der Waals surface area contributed by atoms with E-state index in [9.17, 15) is 26.7 Å². The van der Waals surface area contributed by atoms with Gasteiger partial charge in [0.05, 0.1) is 11.1 Å². The highest BCUT2D eigenvalue weighted by Crippen LogP contribution is 2.36. The molecule has 156 valence electrons. The van der Waals surface area contributed by atoms with Gasteiger partial charge >= 0.3 is 6.18 Å². The van der Waals surface area contributed by atoms with Crippen molar-refractivity contribution in [3.8, 4) is 0 Å². The summed E-state index contributed by atoms with van der Waals surface area (Å²) in [6.45, 7) is -0.692. The molecule has 29 heavy (non-hydrogen) atoms. The molecule has 1 fully saturated rings. The highest BCUT2D eigenvalue weighted by atomic mass is 35.5. The summed E-state index contributed by atoms with van der Waals surface area (Å²) in [4.78, 5) is 20.7. The Kier molecular flexibility index (Phi) is 5.52. The highest BCUT2D eigenvalue weighted by Gasteiger charge is 2.50. The third-order valence-electron chi connectivity index (χ3n) is 4.49. The van der Waals surface area contributed by atoms with Crippen molar-refractivity contribution in [3.05, 3.63) is 46.7 Å². The minimum absolute atomic E-state index is 0.00835. The van der Waals surface area contributed by atoms with E-state index < -0.39 is 42.6 Å². The highest BCUT2D eigenvalue weighted by molar-refractivity contribution is 6.31. The largest absolute Gasteiger partial charge is 0.419 e. The van der Waals surface area contributed by atoms with E-state index in [4.69, 9.17) is 17.3 Å². The molecule has 1 aliphatic rings. The number of halogens is 6. The molecule has 12 heteroatoms. The summed E-state index contributed by atoms with van der Waals surface area (Å²) in [5, 5.41) is 2.69. The number of nitrogens with one attached hydrogen (secondary N) is 1. The van der Waals surface area contributed by atoms with Crippen LogP contribution in [0, 0.1) is 0 Å². The van der Waals surface area contributed by atoms with Crippen molar-refractivity contribution in [1.82, 2.24) is 14.9 Å². The number of nitrogens with two attached hydrogens (primary N) is 1. The first-order valence-corrected chi connectivity index (χ1v) is 8.74. The molecular weight excluding hydrogens is 421 g/mol. The number of carbonyl (C=O) groups is 1. The summed E-state index contributed by atoms with van der Waals surface area (Å²) in [6.07, 6.45) is -4.11. The van der Waals surface area contributed by atoms with E-state index in [0.717, 1.165) is 4.90 Å². The fraction of sp³-hybridized carbons (Fsp3) is 0.353. The number of rotatable bonds is 4. The van der Waals surface area contributed by atoms with Gasteiger partial charge in [0.25, 0.3) is 11.8 Å². The normalized spacial score (nSPS) is 18.7. The quantitative estimate of drug-likeness (QED) is 0.565. The van der Waals surface area contributed by atoms with Crippen LogP contribution in [-0.2, 0) is 6.18 Å². The molecule has 1 unspecified atom stereocenters. The maximum absolute atomic E-state index is 14.4. The first kappa shape index (κ1) is 21.0. The van der Waals surface area contributed by atoms with Crippen molar-refractivity contribution in [2.75, 3.05) is 24.1 Å². The topological polar surface area (TPSA) is 84.1 Å². The van der Waals surface area contributed by atoms with Gasteiger partial charge in [-0.1, -0.05) is 11.6 Å². The molecule has 1 atom stereocenters. The average Bonchev–Trinajstić information content (AvgIpc) is 2.95. The maximum Gasteiger partial charge on any atom is 0.419 e. The Morgan fingerprint density at radius 1 is 1.31 bits per heavy atom.